The van der Waals surface area contributed by atoms with Gasteiger partial charge in [0, 0.05) is 22.4 Å². The number of aromatic hydroxyl groups is 1. The Kier molecular flexibility index (Phi) is 4.94. The van der Waals surface area contributed by atoms with E-state index in [1.54, 1.807) is 42.7 Å². The van der Waals surface area contributed by atoms with Gasteiger partial charge < -0.3 is 19.6 Å². The molecule has 0 spiro atoms. The molecule has 4 rings (SSSR count). The summed E-state index contributed by atoms with van der Waals surface area (Å²) in [6.07, 6.45) is 3.17. The van der Waals surface area contributed by atoms with Crippen LogP contribution in [0.25, 0.3) is 22.6 Å². The van der Waals surface area contributed by atoms with Crippen LogP contribution in [0.3, 0.4) is 0 Å². The van der Waals surface area contributed by atoms with Crippen molar-refractivity contribution in [3.05, 3.63) is 65.4 Å². The van der Waals surface area contributed by atoms with E-state index in [1.807, 2.05) is 12.1 Å². The van der Waals surface area contributed by atoms with E-state index in [0.717, 1.165) is 4.47 Å². The van der Waals surface area contributed by atoms with Crippen LogP contribution in [0, 0.1) is 0 Å². The van der Waals surface area contributed by atoms with Gasteiger partial charge in [0.2, 0.25) is 5.89 Å². The van der Waals surface area contributed by atoms with Gasteiger partial charge in [0.15, 0.2) is 12.2 Å². The lowest BCUT2D eigenvalue weighted by molar-refractivity contribution is -0.118. The molecule has 0 aliphatic rings. The van der Waals surface area contributed by atoms with E-state index < -0.39 is 0 Å². The highest BCUT2D eigenvalue weighted by Crippen LogP contribution is 2.33. The van der Waals surface area contributed by atoms with Crippen LogP contribution in [0.15, 0.2) is 69.8 Å². The molecule has 0 atom stereocenters. The van der Waals surface area contributed by atoms with Crippen LogP contribution in [0.1, 0.15) is 0 Å². The van der Waals surface area contributed by atoms with Crippen molar-refractivity contribution in [2.75, 3.05) is 11.9 Å². The fourth-order valence-corrected chi connectivity index (χ4v) is 2.82. The van der Waals surface area contributed by atoms with Crippen LogP contribution in [0.2, 0.25) is 0 Å². The molecule has 0 bridgehead atoms. The standard InChI is InChI=1S/C20H14BrN3O4/c21-12-1-4-14(5-2-12)27-11-19(26)23-13-3-6-17(25)15(9-13)20-24-16-10-22-8-7-18(16)28-20/h1-10,25H,11H2,(H,23,26). The predicted octanol–water partition coefficient (Wildman–Crippen LogP) is 4.38. The molecular formula is C20H14BrN3O4. The number of ether oxygens (including phenoxy) is 1. The number of nitrogens with zero attached hydrogens (tertiary/aromatic N) is 2. The van der Waals surface area contributed by atoms with Crippen molar-refractivity contribution in [1.82, 2.24) is 9.97 Å². The molecule has 7 nitrogen and oxygen atoms in total. The summed E-state index contributed by atoms with van der Waals surface area (Å²) in [5, 5.41) is 12.9. The molecule has 0 aliphatic carbocycles. The van der Waals surface area contributed by atoms with Gasteiger partial charge in [-0.15, -0.1) is 0 Å². The molecule has 8 heteroatoms. The van der Waals surface area contributed by atoms with Crippen LogP contribution in [-0.4, -0.2) is 27.6 Å². The monoisotopic (exact) mass is 439 g/mol. The van der Waals surface area contributed by atoms with Crippen molar-refractivity contribution in [2.45, 2.75) is 0 Å². The lowest BCUT2D eigenvalue weighted by atomic mass is 10.1. The summed E-state index contributed by atoms with van der Waals surface area (Å²) in [6.45, 7) is -0.146. The van der Waals surface area contributed by atoms with E-state index in [1.165, 1.54) is 6.07 Å². The maximum absolute atomic E-state index is 12.2. The Hall–Kier alpha value is -3.39. The first-order chi connectivity index (χ1) is 13.6. The lowest BCUT2D eigenvalue weighted by Crippen LogP contribution is -2.20. The highest BCUT2D eigenvalue weighted by atomic mass is 79.9. The fraction of sp³-hybridized carbons (Fsp3) is 0.0500. The Morgan fingerprint density at radius 2 is 2.00 bits per heavy atom. The Balaban J connectivity index is 1.48. The third-order valence-electron chi connectivity index (χ3n) is 3.88. The van der Waals surface area contributed by atoms with Crippen molar-refractivity contribution in [2.24, 2.45) is 0 Å². The van der Waals surface area contributed by atoms with Gasteiger partial charge in [0.05, 0.1) is 11.8 Å². The number of aromatic nitrogens is 2. The average molecular weight is 440 g/mol. The highest BCUT2D eigenvalue weighted by molar-refractivity contribution is 9.10. The smallest absolute Gasteiger partial charge is 0.262 e. The molecule has 2 N–H and O–H groups in total. The van der Waals surface area contributed by atoms with Gasteiger partial charge in [0.1, 0.15) is 17.0 Å². The number of carbonyl (C=O) groups excluding carboxylic acids is 1. The summed E-state index contributed by atoms with van der Waals surface area (Å²) in [5.74, 6) is 0.484. The number of phenols is 1. The number of anilines is 1. The number of hydrogen-bond acceptors (Lipinski definition) is 6. The topological polar surface area (TPSA) is 97.5 Å². The highest BCUT2D eigenvalue weighted by Gasteiger charge is 2.14. The third-order valence-corrected chi connectivity index (χ3v) is 4.41. The van der Waals surface area contributed by atoms with Gasteiger partial charge in [-0.05, 0) is 42.5 Å². The Morgan fingerprint density at radius 3 is 2.79 bits per heavy atom. The number of halogens is 1. The number of amides is 1. The van der Waals surface area contributed by atoms with Gasteiger partial charge >= 0.3 is 0 Å². The minimum absolute atomic E-state index is 0.0105. The Morgan fingerprint density at radius 1 is 1.18 bits per heavy atom. The van der Waals surface area contributed by atoms with Gasteiger partial charge in [-0.2, -0.15) is 0 Å². The van der Waals surface area contributed by atoms with Crippen LogP contribution in [0.5, 0.6) is 11.5 Å². The summed E-state index contributed by atoms with van der Waals surface area (Å²) in [7, 11) is 0. The van der Waals surface area contributed by atoms with Crippen LogP contribution in [-0.2, 0) is 4.79 Å². The zero-order chi connectivity index (χ0) is 19.5. The summed E-state index contributed by atoms with van der Waals surface area (Å²) < 4.78 is 12.0. The van der Waals surface area contributed by atoms with E-state index in [4.69, 9.17) is 9.15 Å². The molecule has 140 valence electrons. The Labute approximate surface area is 168 Å². The summed E-state index contributed by atoms with van der Waals surface area (Å²) in [5.41, 5.74) is 1.98. The molecule has 1 amide bonds. The normalized spacial score (nSPS) is 10.8. The second kappa shape index (κ2) is 7.69. The maximum Gasteiger partial charge on any atom is 0.262 e. The number of hydrogen-bond donors (Lipinski definition) is 2. The molecular weight excluding hydrogens is 426 g/mol. The summed E-state index contributed by atoms with van der Waals surface area (Å²) in [6, 6.07) is 13.5. The first-order valence-electron chi connectivity index (χ1n) is 8.31. The SMILES string of the molecule is O=C(COc1ccc(Br)cc1)Nc1ccc(O)c(-c2nc3cnccc3o2)c1. The third kappa shape index (κ3) is 3.96. The van der Waals surface area contributed by atoms with Crippen LogP contribution in [0.4, 0.5) is 5.69 Å². The minimum atomic E-state index is -0.332. The van der Waals surface area contributed by atoms with Crippen molar-refractivity contribution in [1.29, 1.82) is 0 Å². The lowest BCUT2D eigenvalue weighted by Gasteiger charge is -2.09. The molecule has 4 aromatic rings. The van der Waals surface area contributed by atoms with E-state index >= 15 is 0 Å². The molecule has 0 aliphatic heterocycles. The largest absolute Gasteiger partial charge is 0.507 e. The fourth-order valence-electron chi connectivity index (χ4n) is 2.56. The van der Waals surface area contributed by atoms with E-state index in [2.05, 4.69) is 31.2 Å². The number of benzene rings is 2. The molecule has 0 radical (unpaired) electrons. The molecule has 28 heavy (non-hydrogen) atoms. The zero-order valence-electron chi connectivity index (χ0n) is 14.4. The molecule has 0 fully saturated rings. The molecule has 0 saturated heterocycles. The number of rotatable bonds is 5. The summed E-state index contributed by atoms with van der Waals surface area (Å²) in [4.78, 5) is 20.5. The van der Waals surface area contributed by atoms with Crippen molar-refractivity contribution >= 4 is 38.6 Å². The van der Waals surface area contributed by atoms with Crippen LogP contribution >= 0.6 is 15.9 Å². The van der Waals surface area contributed by atoms with E-state index in [0.29, 0.717) is 28.1 Å². The van der Waals surface area contributed by atoms with Crippen molar-refractivity contribution in [3.8, 4) is 23.0 Å². The molecule has 2 heterocycles. The van der Waals surface area contributed by atoms with E-state index in [9.17, 15) is 9.90 Å². The minimum Gasteiger partial charge on any atom is -0.507 e. The molecule has 0 unspecified atom stereocenters. The summed E-state index contributed by atoms with van der Waals surface area (Å²) >= 11 is 3.34. The first kappa shape index (κ1) is 18.0. The van der Waals surface area contributed by atoms with Crippen LogP contribution < -0.4 is 10.1 Å². The number of oxazole rings is 1. The average Bonchev–Trinajstić information content (AvgIpc) is 3.13. The second-order valence-electron chi connectivity index (χ2n) is 5.89. The molecule has 2 aromatic carbocycles. The number of carbonyl (C=O) groups is 1. The van der Waals surface area contributed by atoms with Gasteiger partial charge in [0.25, 0.3) is 5.91 Å². The number of pyridine rings is 1. The maximum atomic E-state index is 12.2. The first-order valence-corrected chi connectivity index (χ1v) is 9.10. The predicted molar refractivity (Wildman–Crippen MR) is 107 cm³/mol. The van der Waals surface area contributed by atoms with Gasteiger partial charge in [-0.1, -0.05) is 15.9 Å². The second-order valence-corrected chi connectivity index (χ2v) is 6.80. The van der Waals surface area contributed by atoms with Crippen molar-refractivity contribution < 1.29 is 19.1 Å². The molecule has 0 saturated carbocycles. The zero-order valence-corrected chi connectivity index (χ0v) is 16.0. The van der Waals surface area contributed by atoms with E-state index in [-0.39, 0.29) is 24.2 Å². The number of phenolic OH excluding ortho intramolecular Hbond substituents is 1. The number of fused-ring (bicyclic) bond motifs is 1. The van der Waals surface area contributed by atoms with Gasteiger partial charge in [-0.3, -0.25) is 9.78 Å². The van der Waals surface area contributed by atoms with Crippen molar-refractivity contribution in [3.63, 3.8) is 0 Å². The molecule has 2 aromatic heterocycles. The van der Waals surface area contributed by atoms with Gasteiger partial charge in [-0.25, -0.2) is 4.98 Å². The quantitative estimate of drug-likeness (QED) is 0.448. The number of nitrogens with one attached hydrogen (secondary N) is 1. The Bertz CT molecular complexity index is 1110.